The van der Waals surface area contributed by atoms with Crippen molar-refractivity contribution in [2.75, 3.05) is 6.54 Å². The molecule has 0 fully saturated rings. The molecule has 2 nitrogen and oxygen atoms in total. The molecule has 0 spiro atoms. The summed E-state index contributed by atoms with van der Waals surface area (Å²) in [5.41, 5.74) is 1.85. The van der Waals surface area contributed by atoms with Crippen LogP contribution in [0.25, 0.3) is 0 Å². The SMILES string of the molecule is C=C[C@@]1(C(=O)NCC)CC(CC)=CC=C1C. The van der Waals surface area contributed by atoms with Gasteiger partial charge in [0.05, 0.1) is 5.41 Å². The van der Waals surface area contributed by atoms with Crippen LogP contribution in [0.2, 0.25) is 0 Å². The molecule has 16 heavy (non-hydrogen) atoms. The second kappa shape index (κ2) is 5.15. The molecular formula is C14H21NO. The van der Waals surface area contributed by atoms with Gasteiger partial charge in [0.15, 0.2) is 0 Å². The zero-order valence-corrected chi connectivity index (χ0v) is 10.5. The lowest BCUT2D eigenvalue weighted by Crippen LogP contribution is -2.41. The van der Waals surface area contributed by atoms with Crippen molar-refractivity contribution in [1.82, 2.24) is 5.32 Å². The van der Waals surface area contributed by atoms with Gasteiger partial charge in [-0.2, -0.15) is 0 Å². The minimum atomic E-state index is -0.532. The lowest BCUT2D eigenvalue weighted by Gasteiger charge is -2.33. The number of carbonyl (C=O) groups is 1. The summed E-state index contributed by atoms with van der Waals surface area (Å²) in [4.78, 5) is 12.2. The highest BCUT2D eigenvalue weighted by Gasteiger charge is 2.38. The first-order chi connectivity index (χ1) is 7.60. The lowest BCUT2D eigenvalue weighted by atomic mass is 9.71. The lowest BCUT2D eigenvalue weighted by molar-refractivity contribution is -0.126. The molecule has 0 saturated carbocycles. The van der Waals surface area contributed by atoms with Gasteiger partial charge < -0.3 is 5.32 Å². The highest BCUT2D eigenvalue weighted by atomic mass is 16.2. The van der Waals surface area contributed by atoms with E-state index >= 15 is 0 Å². The van der Waals surface area contributed by atoms with Crippen molar-refractivity contribution in [1.29, 1.82) is 0 Å². The minimum Gasteiger partial charge on any atom is -0.355 e. The van der Waals surface area contributed by atoms with Crippen LogP contribution in [-0.2, 0) is 4.79 Å². The van der Waals surface area contributed by atoms with Gasteiger partial charge in [-0.05, 0) is 26.7 Å². The van der Waals surface area contributed by atoms with Crippen molar-refractivity contribution in [2.24, 2.45) is 5.41 Å². The third kappa shape index (κ3) is 2.11. The second-order valence-corrected chi connectivity index (χ2v) is 4.24. The van der Waals surface area contributed by atoms with E-state index in [1.807, 2.05) is 19.9 Å². The average molecular weight is 219 g/mol. The Morgan fingerprint density at radius 1 is 1.56 bits per heavy atom. The standard InChI is InChI=1S/C14H21NO/c1-5-12-9-8-11(4)14(6-2,10-12)13(16)15-7-3/h6,8-9H,2,5,7,10H2,1,3-4H3,(H,15,16)/t14-/m1/s1. The fourth-order valence-corrected chi connectivity index (χ4v) is 2.09. The van der Waals surface area contributed by atoms with Crippen LogP contribution in [0.3, 0.4) is 0 Å². The van der Waals surface area contributed by atoms with Crippen molar-refractivity contribution in [3.05, 3.63) is 36.0 Å². The summed E-state index contributed by atoms with van der Waals surface area (Å²) in [5, 5.41) is 2.90. The maximum atomic E-state index is 12.2. The van der Waals surface area contributed by atoms with Crippen LogP contribution < -0.4 is 5.32 Å². The van der Waals surface area contributed by atoms with Gasteiger partial charge in [-0.25, -0.2) is 0 Å². The second-order valence-electron chi connectivity index (χ2n) is 4.24. The van der Waals surface area contributed by atoms with E-state index in [4.69, 9.17) is 0 Å². The molecule has 0 radical (unpaired) electrons. The molecule has 0 saturated heterocycles. The molecule has 1 rings (SSSR count). The Morgan fingerprint density at radius 3 is 2.75 bits per heavy atom. The predicted octanol–water partition coefficient (Wildman–Crippen LogP) is 2.98. The van der Waals surface area contributed by atoms with E-state index in [2.05, 4.69) is 24.9 Å². The number of allylic oxidation sites excluding steroid dienone is 3. The van der Waals surface area contributed by atoms with Gasteiger partial charge in [0.1, 0.15) is 0 Å². The molecule has 0 aromatic rings. The molecule has 2 heteroatoms. The van der Waals surface area contributed by atoms with Gasteiger partial charge in [-0.1, -0.05) is 36.3 Å². The Balaban J connectivity index is 3.06. The number of rotatable bonds is 4. The predicted molar refractivity (Wildman–Crippen MR) is 68.1 cm³/mol. The van der Waals surface area contributed by atoms with Crippen LogP contribution >= 0.6 is 0 Å². The number of nitrogens with one attached hydrogen (secondary N) is 1. The minimum absolute atomic E-state index is 0.0674. The van der Waals surface area contributed by atoms with Crippen LogP contribution in [-0.4, -0.2) is 12.5 Å². The Labute approximate surface area is 98.1 Å². The summed E-state index contributed by atoms with van der Waals surface area (Å²) in [6, 6.07) is 0. The molecule has 0 aliphatic heterocycles. The van der Waals surface area contributed by atoms with Gasteiger partial charge in [0.25, 0.3) is 0 Å². The molecule has 1 N–H and O–H groups in total. The average Bonchev–Trinajstić information content (AvgIpc) is 2.30. The number of amides is 1. The van der Waals surface area contributed by atoms with E-state index in [1.165, 1.54) is 5.57 Å². The number of carbonyl (C=O) groups excluding carboxylic acids is 1. The fourth-order valence-electron chi connectivity index (χ4n) is 2.09. The van der Waals surface area contributed by atoms with E-state index in [-0.39, 0.29) is 5.91 Å². The Bertz CT molecular complexity index is 352. The smallest absolute Gasteiger partial charge is 0.234 e. The summed E-state index contributed by atoms with van der Waals surface area (Å²) in [7, 11) is 0. The van der Waals surface area contributed by atoms with E-state index in [9.17, 15) is 4.79 Å². The maximum Gasteiger partial charge on any atom is 0.234 e. The summed E-state index contributed by atoms with van der Waals surface area (Å²) < 4.78 is 0. The van der Waals surface area contributed by atoms with Crippen LogP contribution in [0.15, 0.2) is 36.0 Å². The molecule has 1 aliphatic carbocycles. The highest BCUT2D eigenvalue weighted by Crippen LogP contribution is 2.39. The maximum absolute atomic E-state index is 12.2. The van der Waals surface area contributed by atoms with Gasteiger partial charge in [0, 0.05) is 6.54 Å². The first-order valence-electron chi connectivity index (χ1n) is 5.89. The molecular weight excluding hydrogens is 198 g/mol. The molecule has 0 bridgehead atoms. The van der Waals surface area contributed by atoms with Crippen LogP contribution in [0.1, 0.15) is 33.6 Å². The van der Waals surface area contributed by atoms with Crippen molar-refractivity contribution >= 4 is 5.91 Å². The van der Waals surface area contributed by atoms with Gasteiger partial charge in [0.2, 0.25) is 5.91 Å². The zero-order chi connectivity index (χ0) is 12.2. The third-order valence-corrected chi connectivity index (χ3v) is 3.32. The summed E-state index contributed by atoms with van der Waals surface area (Å²) in [5.74, 6) is 0.0674. The quantitative estimate of drug-likeness (QED) is 0.724. The van der Waals surface area contributed by atoms with Gasteiger partial charge in [-0.3, -0.25) is 4.79 Å². The molecule has 88 valence electrons. The van der Waals surface area contributed by atoms with E-state index in [1.54, 1.807) is 6.08 Å². The Morgan fingerprint density at radius 2 is 2.25 bits per heavy atom. The van der Waals surface area contributed by atoms with Crippen LogP contribution in [0.5, 0.6) is 0 Å². The first kappa shape index (κ1) is 12.8. The van der Waals surface area contributed by atoms with Gasteiger partial charge in [-0.15, -0.1) is 6.58 Å². The van der Waals surface area contributed by atoms with E-state index in [0.29, 0.717) is 6.54 Å². The fraction of sp³-hybridized carbons (Fsp3) is 0.500. The topological polar surface area (TPSA) is 29.1 Å². The van der Waals surface area contributed by atoms with Crippen LogP contribution in [0, 0.1) is 5.41 Å². The molecule has 1 atom stereocenters. The molecule has 0 aromatic carbocycles. The number of hydrogen-bond donors (Lipinski definition) is 1. The van der Waals surface area contributed by atoms with Crippen molar-refractivity contribution in [3.8, 4) is 0 Å². The van der Waals surface area contributed by atoms with E-state index in [0.717, 1.165) is 18.4 Å². The van der Waals surface area contributed by atoms with Crippen molar-refractivity contribution in [2.45, 2.75) is 33.6 Å². The third-order valence-electron chi connectivity index (χ3n) is 3.32. The Hall–Kier alpha value is -1.31. The molecule has 0 heterocycles. The normalized spacial score (nSPS) is 24.4. The molecule has 0 aromatic heterocycles. The molecule has 0 unspecified atom stereocenters. The largest absolute Gasteiger partial charge is 0.355 e. The van der Waals surface area contributed by atoms with Crippen molar-refractivity contribution in [3.63, 3.8) is 0 Å². The summed E-state index contributed by atoms with van der Waals surface area (Å²) >= 11 is 0. The first-order valence-corrected chi connectivity index (χ1v) is 5.89. The van der Waals surface area contributed by atoms with Gasteiger partial charge >= 0.3 is 0 Å². The summed E-state index contributed by atoms with van der Waals surface area (Å²) in [6.45, 7) is 10.6. The van der Waals surface area contributed by atoms with Crippen LogP contribution in [0.4, 0.5) is 0 Å². The molecule has 1 aliphatic rings. The zero-order valence-electron chi connectivity index (χ0n) is 10.5. The number of hydrogen-bond acceptors (Lipinski definition) is 1. The highest BCUT2D eigenvalue weighted by molar-refractivity contribution is 5.88. The summed E-state index contributed by atoms with van der Waals surface area (Å²) in [6.07, 6.45) is 7.70. The monoisotopic (exact) mass is 219 g/mol. The molecule has 1 amide bonds. The van der Waals surface area contributed by atoms with Crippen molar-refractivity contribution < 1.29 is 4.79 Å². The Kier molecular flexibility index (Phi) is 4.11. The van der Waals surface area contributed by atoms with E-state index < -0.39 is 5.41 Å².